The molecule has 1 aromatic rings. The van der Waals surface area contributed by atoms with Crippen LogP contribution in [0.2, 0.25) is 0 Å². The van der Waals surface area contributed by atoms with Crippen molar-refractivity contribution in [2.75, 3.05) is 6.61 Å². The van der Waals surface area contributed by atoms with E-state index in [9.17, 15) is 15.0 Å². The van der Waals surface area contributed by atoms with Gasteiger partial charge in [0.25, 0.3) is 0 Å². The molecular formula is C17H24N4O6. The average molecular weight is 380 g/mol. The minimum absolute atomic E-state index is 0.106. The van der Waals surface area contributed by atoms with Crippen LogP contribution in [-0.2, 0) is 14.2 Å². The van der Waals surface area contributed by atoms with E-state index in [1.165, 1.54) is 0 Å². The second-order valence-corrected chi connectivity index (χ2v) is 6.97. The minimum Gasteiger partial charge on any atom is -0.431 e. The first-order chi connectivity index (χ1) is 12.8. The summed E-state index contributed by atoms with van der Waals surface area (Å²) in [6.45, 7) is 1.28. The molecule has 4 atom stereocenters. The number of nitrogens with zero attached hydrogens (tertiary/aromatic N) is 1. The Hall–Kier alpha value is -2.43. The third-order valence-electron chi connectivity index (χ3n) is 4.94. The lowest BCUT2D eigenvalue weighted by Crippen LogP contribution is -2.45. The van der Waals surface area contributed by atoms with Crippen LogP contribution in [0, 0.1) is 5.41 Å². The highest BCUT2D eigenvalue weighted by molar-refractivity contribution is 5.99. The number of ether oxygens (including phenoxy) is 3. The SMILES string of the molecule is C[C@]1(COC(=O)OC2CCC2)O[C@@H](c2ccc(C(N)=NC=N)[nH]2)[C@H](O)[C@@H]1O. The van der Waals surface area contributed by atoms with Gasteiger partial charge in [0.1, 0.15) is 48.8 Å². The largest absolute Gasteiger partial charge is 0.508 e. The lowest BCUT2D eigenvalue weighted by Gasteiger charge is -2.28. The molecule has 1 saturated heterocycles. The molecule has 0 amide bonds. The molecule has 0 bridgehead atoms. The average Bonchev–Trinajstić information content (AvgIpc) is 3.17. The van der Waals surface area contributed by atoms with Crippen molar-refractivity contribution in [3.63, 3.8) is 0 Å². The zero-order chi connectivity index (χ0) is 19.6. The molecule has 3 rings (SSSR count). The Bertz CT molecular complexity index is 731. The van der Waals surface area contributed by atoms with Gasteiger partial charge in [-0.05, 0) is 38.3 Å². The number of aliphatic hydroxyl groups excluding tert-OH is 2. The molecule has 10 heteroatoms. The number of nitrogens with one attached hydrogen (secondary N) is 2. The maximum Gasteiger partial charge on any atom is 0.508 e. The molecule has 1 aliphatic carbocycles. The molecule has 2 heterocycles. The molecule has 10 nitrogen and oxygen atoms in total. The van der Waals surface area contributed by atoms with E-state index >= 15 is 0 Å². The fourth-order valence-electron chi connectivity index (χ4n) is 3.05. The predicted molar refractivity (Wildman–Crippen MR) is 94.6 cm³/mol. The molecule has 1 saturated carbocycles. The lowest BCUT2D eigenvalue weighted by molar-refractivity contribution is -0.113. The fourth-order valence-corrected chi connectivity index (χ4v) is 3.05. The summed E-state index contributed by atoms with van der Waals surface area (Å²) in [5.41, 5.74) is 5.33. The number of rotatable bonds is 6. The highest BCUT2D eigenvalue weighted by Gasteiger charge is 2.53. The second kappa shape index (κ2) is 7.67. The Morgan fingerprint density at radius 2 is 2.26 bits per heavy atom. The first-order valence-electron chi connectivity index (χ1n) is 8.73. The summed E-state index contributed by atoms with van der Waals surface area (Å²) >= 11 is 0. The number of nitrogens with two attached hydrogens (primary N) is 1. The summed E-state index contributed by atoms with van der Waals surface area (Å²) in [4.78, 5) is 18.3. The van der Waals surface area contributed by atoms with Crippen LogP contribution in [0.4, 0.5) is 4.79 Å². The van der Waals surface area contributed by atoms with E-state index in [1.54, 1.807) is 19.1 Å². The predicted octanol–water partition coefficient (Wildman–Crippen LogP) is 0.585. The number of aromatic amines is 1. The molecule has 1 aromatic heterocycles. The van der Waals surface area contributed by atoms with Crippen LogP contribution in [-0.4, -0.2) is 64.0 Å². The molecule has 6 N–H and O–H groups in total. The van der Waals surface area contributed by atoms with Crippen LogP contribution < -0.4 is 5.73 Å². The number of hydrogen-bond donors (Lipinski definition) is 5. The van der Waals surface area contributed by atoms with Crippen molar-refractivity contribution < 1.29 is 29.2 Å². The number of hydrogen-bond acceptors (Lipinski definition) is 7. The van der Waals surface area contributed by atoms with Crippen molar-refractivity contribution in [1.82, 2.24) is 4.98 Å². The van der Waals surface area contributed by atoms with Crippen LogP contribution in [0.3, 0.4) is 0 Å². The molecule has 148 valence electrons. The number of aliphatic hydroxyl groups is 2. The summed E-state index contributed by atoms with van der Waals surface area (Å²) in [7, 11) is 0. The van der Waals surface area contributed by atoms with E-state index < -0.39 is 30.1 Å². The van der Waals surface area contributed by atoms with Gasteiger partial charge in [-0.15, -0.1) is 0 Å². The Morgan fingerprint density at radius 1 is 1.52 bits per heavy atom. The van der Waals surface area contributed by atoms with Crippen LogP contribution in [0.15, 0.2) is 17.1 Å². The Labute approximate surface area is 155 Å². The molecule has 1 aliphatic heterocycles. The van der Waals surface area contributed by atoms with Crippen molar-refractivity contribution in [3.8, 4) is 0 Å². The van der Waals surface area contributed by atoms with Gasteiger partial charge in [-0.2, -0.15) is 0 Å². The quantitative estimate of drug-likeness (QED) is 0.274. The summed E-state index contributed by atoms with van der Waals surface area (Å²) < 4.78 is 16.0. The van der Waals surface area contributed by atoms with E-state index in [0.29, 0.717) is 11.4 Å². The first-order valence-corrected chi connectivity index (χ1v) is 8.73. The van der Waals surface area contributed by atoms with E-state index in [-0.39, 0.29) is 18.5 Å². The van der Waals surface area contributed by atoms with Gasteiger partial charge in [0.15, 0.2) is 0 Å². The van der Waals surface area contributed by atoms with E-state index in [4.69, 9.17) is 25.4 Å². The smallest absolute Gasteiger partial charge is 0.431 e. The highest BCUT2D eigenvalue weighted by atomic mass is 16.7. The lowest BCUT2D eigenvalue weighted by atomic mass is 9.96. The third kappa shape index (κ3) is 3.97. The monoisotopic (exact) mass is 380 g/mol. The molecule has 2 fully saturated rings. The summed E-state index contributed by atoms with van der Waals surface area (Å²) in [5.74, 6) is 0.106. The van der Waals surface area contributed by atoms with E-state index in [1.807, 2.05) is 0 Å². The molecule has 27 heavy (non-hydrogen) atoms. The molecule has 0 aromatic carbocycles. The topological polar surface area (TPSA) is 163 Å². The van der Waals surface area contributed by atoms with Crippen LogP contribution in [0.25, 0.3) is 0 Å². The number of aliphatic imine (C=N–C) groups is 1. The Balaban J connectivity index is 1.64. The van der Waals surface area contributed by atoms with Crippen LogP contribution >= 0.6 is 0 Å². The standard InChI is InChI=1S/C17H24N4O6/c1-17(7-25-16(24)26-9-3-2-4-9)14(23)12(22)13(27-17)10-5-6-11(21-10)15(19)20-8-18/h5-6,8-9,12-14,21-23H,2-4,7H2,1H3,(H3,18,19,20)/t12-,13-,14-,17+/m0/s1. The Morgan fingerprint density at radius 3 is 2.89 bits per heavy atom. The van der Waals surface area contributed by atoms with Crippen molar-refractivity contribution in [2.24, 2.45) is 10.7 Å². The van der Waals surface area contributed by atoms with Gasteiger partial charge in [0, 0.05) is 5.69 Å². The number of aromatic nitrogens is 1. The van der Waals surface area contributed by atoms with Crippen molar-refractivity contribution in [1.29, 1.82) is 5.41 Å². The first kappa shape index (κ1) is 19.3. The minimum atomic E-state index is -1.30. The van der Waals surface area contributed by atoms with Crippen LogP contribution in [0.1, 0.15) is 43.7 Å². The van der Waals surface area contributed by atoms with Gasteiger partial charge in [-0.25, -0.2) is 9.79 Å². The second-order valence-electron chi connectivity index (χ2n) is 6.97. The molecule has 0 unspecified atom stereocenters. The molecule has 0 radical (unpaired) electrons. The Kier molecular flexibility index (Phi) is 5.49. The number of carbonyl (C=O) groups is 1. The number of carbonyl (C=O) groups excluding carboxylic acids is 1. The maximum absolute atomic E-state index is 11.7. The van der Waals surface area contributed by atoms with Gasteiger partial charge in [-0.1, -0.05) is 0 Å². The van der Waals surface area contributed by atoms with Gasteiger partial charge < -0.3 is 35.1 Å². The molecular weight excluding hydrogens is 356 g/mol. The van der Waals surface area contributed by atoms with Crippen molar-refractivity contribution in [2.45, 2.75) is 56.2 Å². The number of H-pyrrole nitrogens is 1. The van der Waals surface area contributed by atoms with E-state index in [0.717, 1.165) is 25.6 Å². The van der Waals surface area contributed by atoms with Gasteiger partial charge in [0.2, 0.25) is 0 Å². The summed E-state index contributed by atoms with van der Waals surface area (Å²) in [6, 6.07) is 3.27. The molecule has 2 aliphatic rings. The number of amidine groups is 1. The van der Waals surface area contributed by atoms with Gasteiger partial charge >= 0.3 is 6.16 Å². The summed E-state index contributed by atoms with van der Waals surface area (Å²) in [6.07, 6.45) is -0.825. The fraction of sp³-hybridized carbons (Fsp3) is 0.588. The van der Waals surface area contributed by atoms with Crippen LogP contribution in [0.5, 0.6) is 0 Å². The zero-order valence-corrected chi connectivity index (χ0v) is 14.9. The highest BCUT2D eigenvalue weighted by Crippen LogP contribution is 2.40. The van der Waals surface area contributed by atoms with Gasteiger partial charge in [-0.3, -0.25) is 5.41 Å². The van der Waals surface area contributed by atoms with Crippen molar-refractivity contribution in [3.05, 3.63) is 23.5 Å². The van der Waals surface area contributed by atoms with E-state index in [2.05, 4.69) is 9.98 Å². The van der Waals surface area contributed by atoms with Gasteiger partial charge in [0.05, 0.1) is 5.69 Å². The zero-order valence-electron chi connectivity index (χ0n) is 14.9. The summed E-state index contributed by atoms with van der Waals surface area (Å²) in [5, 5.41) is 27.7. The third-order valence-corrected chi connectivity index (χ3v) is 4.94. The maximum atomic E-state index is 11.7. The van der Waals surface area contributed by atoms with Crippen molar-refractivity contribution >= 4 is 18.3 Å². The normalized spacial score (nSPS) is 31.4. The molecule has 0 spiro atoms.